The van der Waals surface area contributed by atoms with Crippen molar-refractivity contribution >= 4 is 0 Å². The minimum absolute atomic E-state index is 0.417. The summed E-state index contributed by atoms with van der Waals surface area (Å²) >= 11 is 0. The van der Waals surface area contributed by atoms with E-state index in [1.54, 1.807) is 5.56 Å². The molecule has 1 aliphatic heterocycles. The van der Waals surface area contributed by atoms with E-state index in [1.165, 1.54) is 58.2 Å². The molecular formula is C20H33N. The van der Waals surface area contributed by atoms with Crippen molar-refractivity contribution in [1.82, 2.24) is 4.90 Å². The van der Waals surface area contributed by atoms with Crippen LogP contribution in [0.2, 0.25) is 0 Å². The van der Waals surface area contributed by atoms with Crippen LogP contribution >= 0.6 is 0 Å². The SMILES string of the molecule is CCCCN1CCC(CC)(c2ccccc2)C(CCC)C1. The van der Waals surface area contributed by atoms with Gasteiger partial charge in [0, 0.05) is 12.0 Å². The first-order valence-corrected chi connectivity index (χ1v) is 9.04. The smallest absolute Gasteiger partial charge is 0.00182 e. The van der Waals surface area contributed by atoms with Crippen molar-refractivity contribution in [3.05, 3.63) is 35.9 Å². The number of likely N-dealkylation sites (tertiary alicyclic amines) is 1. The maximum atomic E-state index is 2.72. The van der Waals surface area contributed by atoms with E-state index in [-0.39, 0.29) is 0 Å². The lowest BCUT2D eigenvalue weighted by atomic mass is 9.63. The van der Waals surface area contributed by atoms with Gasteiger partial charge in [-0.25, -0.2) is 0 Å². The Hall–Kier alpha value is -0.820. The molecular weight excluding hydrogens is 254 g/mol. The highest BCUT2D eigenvalue weighted by Crippen LogP contribution is 2.44. The summed E-state index contributed by atoms with van der Waals surface area (Å²) in [6.07, 6.45) is 7.95. The van der Waals surface area contributed by atoms with Crippen molar-refractivity contribution in [1.29, 1.82) is 0 Å². The largest absolute Gasteiger partial charge is 0.303 e. The van der Waals surface area contributed by atoms with Gasteiger partial charge in [0.1, 0.15) is 0 Å². The lowest BCUT2D eigenvalue weighted by Crippen LogP contribution is -2.49. The number of unbranched alkanes of at least 4 members (excludes halogenated alkanes) is 1. The molecule has 1 aromatic rings. The average Bonchev–Trinajstić information content (AvgIpc) is 2.54. The molecule has 0 saturated carbocycles. The second kappa shape index (κ2) is 7.98. The van der Waals surface area contributed by atoms with Crippen molar-refractivity contribution in [2.24, 2.45) is 5.92 Å². The van der Waals surface area contributed by atoms with Crippen LogP contribution in [0.25, 0.3) is 0 Å². The zero-order chi connectivity index (χ0) is 15.1. The first kappa shape index (κ1) is 16.5. The van der Waals surface area contributed by atoms with Gasteiger partial charge in [0.05, 0.1) is 0 Å². The third kappa shape index (κ3) is 3.69. The number of hydrogen-bond donors (Lipinski definition) is 0. The zero-order valence-corrected chi connectivity index (χ0v) is 14.3. The molecule has 0 aliphatic carbocycles. The molecule has 2 rings (SSSR count). The van der Waals surface area contributed by atoms with E-state index in [0.29, 0.717) is 5.41 Å². The van der Waals surface area contributed by atoms with E-state index in [1.807, 2.05) is 0 Å². The molecule has 0 N–H and O–H groups in total. The van der Waals surface area contributed by atoms with Crippen LogP contribution in [0.3, 0.4) is 0 Å². The molecule has 0 spiro atoms. The molecule has 2 unspecified atom stereocenters. The highest BCUT2D eigenvalue weighted by Gasteiger charge is 2.41. The second-order valence-corrected chi connectivity index (χ2v) is 6.77. The zero-order valence-electron chi connectivity index (χ0n) is 14.3. The van der Waals surface area contributed by atoms with Crippen LogP contribution in [0.4, 0.5) is 0 Å². The molecule has 1 aromatic carbocycles. The lowest BCUT2D eigenvalue weighted by Gasteiger charge is -2.48. The molecule has 0 bridgehead atoms. The Morgan fingerprint density at radius 1 is 1.10 bits per heavy atom. The third-order valence-corrected chi connectivity index (χ3v) is 5.58. The van der Waals surface area contributed by atoms with Crippen LogP contribution in [0.5, 0.6) is 0 Å². The number of benzene rings is 1. The fraction of sp³-hybridized carbons (Fsp3) is 0.700. The topological polar surface area (TPSA) is 3.24 Å². The maximum absolute atomic E-state index is 2.72. The number of rotatable bonds is 7. The van der Waals surface area contributed by atoms with Crippen LogP contribution in [-0.4, -0.2) is 24.5 Å². The van der Waals surface area contributed by atoms with Crippen LogP contribution in [0.15, 0.2) is 30.3 Å². The van der Waals surface area contributed by atoms with E-state index < -0.39 is 0 Å². The third-order valence-electron chi connectivity index (χ3n) is 5.58. The quantitative estimate of drug-likeness (QED) is 0.661. The van der Waals surface area contributed by atoms with E-state index in [4.69, 9.17) is 0 Å². The summed E-state index contributed by atoms with van der Waals surface area (Å²) in [6, 6.07) is 11.3. The van der Waals surface area contributed by atoms with Gasteiger partial charge in [-0.15, -0.1) is 0 Å². The van der Waals surface area contributed by atoms with Crippen molar-refractivity contribution in [2.45, 2.75) is 64.7 Å². The summed E-state index contributed by atoms with van der Waals surface area (Å²) in [7, 11) is 0. The first-order chi connectivity index (χ1) is 10.3. The molecule has 0 radical (unpaired) electrons. The lowest BCUT2D eigenvalue weighted by molar-refractivity contribution is 0.0792. The minimum atomic E-state index is 0.417. The Bertz CT molecular complexity index is 400. The summed E-state index contributed by atoms with van der Waals surface area (Å²) in [6.45, 7) is 10.9. The Kier molecular flexibility index (Phi) is 6.29. The molecule has 1 saturated heterocycles. The summed E-state index contributed by atoms with van der Waals surface area (Å²) in [4.78, 5) is 2.72. The Labute approximate surface area is 131 Å². The first-order valence-electron chi connectivity index (χ1n) is 9.04. The fourth-order valence-corrected chi connectivity index (χ4v) is 4.26. The molecule has 1 heteroatoms. The van der Waals surface area contributed by atoms with Crippen molar-refractivity contribution in [3.63, 3.8) is 0 Å². The van der Waals surface area contributed by atoms with E-state index in [9.17, 15) is 0 Å². The summed E-state index contributed by atoms with van der Waals surface area (Å²) in [5, 5.41) is 0. The summed E-state index contributed by atoms with van der Waals surface area (Å²) in [5.41, 5.74) is 2.00. The number of piperidine rings is 1. The highest BCUT2D eigenvalue weighted by atomic mass is 15.1. The van der Waals surface area contributed by atoms with E-state index in [0.717, 1.165) is 5.92 Å². The van der Waals surface area contributed by atoms with E-state index in [2.05, 4.69) is 56.0 Å². The van der Waals surface area contributed by atoms with Gasteiger partial charge in [0.15, 0.2) is 0 Å². The van der Waals surface area contributed by atoms with Crippen LogP contribution in [0, 0.1) is 5.92 Å². The van der Waals surface area contributed by atoms with Gasteiger partial charge >= 0.3 is 0 Å². The van der Waals surface area contributed by atoms with Crippen molar-refractivity contribution in [3.8, 4) is 0 Å². The Morgan fingerprint density at radius 2 is 1.86 bits per heavy atom. The molecule has 118 valence electrons. The Balaban J connectivity index is 2.19. The van der Waals surface area contributed by atoms with Crippen LogP contribution in [-0.2, 0) is 5.41 Å². The van der Waals surface area contributed by atoms with Gasteiger partial charge in [0.2, 0.25) is 0 Å². The standard InChI is InChI=1S/C20H33N/c1-4-7-15-21-16-14-20(6-3,19(17-21)11-5-2)18-12-9-8-10-13-18/h8-10,12-13,19H,4-7,11,14-17H2,1-3H3. The molecule has 0 amide bonds. The van der Waals surface area contributed by atoms with Gasteiger partial charge in [-0.1, -0.05) is 63.9 Å². The van der Waals surface area contributed by atoms with Crippen molar-refractivity contribution < 1.29 is 0 Å². The number of nitrogens with zero attached hydrogens (tertiary/aromatic N) is 1. The molecule has 1 aliphatic rings. The Morgan fingerprint density at radius 3 is 2.48 bits per heavy atom. The molecule has 2 atom stereocenters. The predicted octanol–water partition coefficient (Wildman–Crippen LogP) is 5.26. The minimum Gasteiger partial charge on any atom is -0.303 e. The highest BCUT2D eigenvalue weighted by molar-refractivity contribution is 5.27. The monoisotopic (exact) mass is 287 g/mol. The van der Waals surface area contributed by atoms with Gasteiger partial charge in [0.25, 0.3) is 0 Å². The normalized spacial score (nSPS) is 26.9. The molecule has 1 nitrogen and oxygen atoms in total. The van der Waals surface area contributed by atoms with Crippen LogP contribution < -0.4 is 0 Å². The van der Waals surface area contributed by atoms with E-state index >= 15 is 0 Å². The molecule has 21 heavy (non-hydrogen) atoms. The van der Waals surface area contributed by atoms with Gasteiger partial charge in [-0.05, 0) is 50.3 Å². The predicted molar refractivity (Wildman–Crippen MR) is 92.8 cm³/mol. The second-order valence-electron chi connectivity index (χ2n) is 6.77. The summed E-state index contributed by atoms with van der Waals surface area (Å²) < 4.78 is 0. The molecule has 1 heterocycles. The molecule has 1 fully saturated rings. The van der Waals surface area contributed by atoms with Gasteiger partial charge < -0.3 is 4.90 Å². The molecule has 0 aromatic heterocycles. The number of hydrogen-bond acceptors (Lipinski definition) is 1. The van der Waals surface area contributed by atoms with Crippen molar-refractivity contribution in [2.75, 3.05) is 19.6 Å². The summed E-state index contributed by atoms with van der Waals surface area (Å²) in [5.74, 6) is 0.820. The fourth-order valence-electron chi connectivity index (χ4n) is 4.26. The maximum Gasteiger partial charge on any atom is 0.00182 e. The van der Waals surface area contributed by atoms with Gasteiger partial charge in [-0.2, -0.15) is 0 Å². The average molecular weight is 287 g/mol. The van der Waals surface area contributed by atoms with Crippen LogP contribution in [0.1, 0.15) is 64.9 Å². The van der Waals surface area contributed by atoms with Gasteiger partial charge in [-0.3, -0.25) is 0 Å².